The summed E-state index contributed by atoms with van der Waals surface area (Å²) in [5, 5.41) is 13.0. The number of carbonyl (C=O) groups excluding carboxylic acids is 1. The number of benzene rings is 1. The van der Waals surface area contributed by atoms with Crippen LogP contribution in [-0.4, -0.2) is 71.2 Å². The normalized spacial score (nSPS) is 22.4. The van der Waals surface area contributed by atoms with Crippen molar-refractivity contribution in [1.29, 1.82) is 5.26 Å². The van der Waals surface area contributed by atoms with Crippen LogP contribution in [0.5, 0.6) is 0 Å². The molecule has 0 spiro atoms. The van der Waals surface area contributed by atoms with E-state index in [1.165, 1.54) is 11.1 Å². The lowest BCUT2D eigenvalue weighted by atomic mass is 9.76. The number of aromatic nitrogens is 2. The Bertz CT molecular complexity index is 1990. The first-order valence-electron chi connectivity index (χ1n) is 21.2. The van der Waals surface area contributed by atoms with Gasteiger partial charge in [0.1, 0.15) is 24.0 Å². The fourth-order valence-electron chi connectivity index (χ4n) is 6.95. The molecule has 2 aromatic rings. The van der Waals surface area contributed by atoms with Crippen LogP contribution in [-0.2, 0) is 25.1 Å². The molecule has 0 fully saturated rings. The molecule has 5 rings (SSSR count). The molecule has 1 aliphatic carbocycles. The number of anilines is 1. The molecule has 1 aromatic carbocycles. The molecule has 0 saturated carbocycles. The highest BCUT2D eigenvalue weighted by molar-refractivity contribution is 6.76. The summed E-state index contributed by atoms with van der Waals surface area (Å²) in [5.41, 5.74) is 4.22. The van der Waals surface area contributed by atoms with Gasteiger partial charge in [-0.1, -0.05) is 93.2 Å². The van der Waals surface area contributed by atoms with E-state index in [0.717, 1.165) is 36.4 Å². The van der Waals surface area contributed by atoms with Crippen molar-refractivity contribution in [2.45, 2.75) is 161 Å². The molecule has 1 amide bonds. The van der Waals surface area contributed by atoms with E-state index < -0.39 is 35.9 Å². The lowest BCUT2D eigenvalue weighted by molar-refractivity contribution is -0.105. The van der Waals surface area contributed by atoms with Crippen LogP contribution in [0.25, 0.3) is 11.1 Å². The molecule has 58 heavy (non-hydrogen) atoms. The molecule has 318 valence electrons. The van der Waals surface area contributed by atoms with Crippen LogP contribution in [0.1, 0.15) is 109 Å². The van der Waals surface area contributed by atoms with Gasteiger partial charge in [-0.15, -0.1) is 0 Å². The number of imidazole rings is 1. The molecule has 1 N–H and O–H groups in total. The second-order valence-electron chi connectivity index (χ2n) is 22.1. The maximum Gasteiger partial charge on any atom is 0.291 e. The minimum Gasteiger partial charge on any atom is -0.414 e. The van der Waals surface area contributed by atoms with Crippen molar-refractivity contribution in [3.63, 3.8) is 0 Å². The van der Waals surface area contributed by atoms with Crippen molar-refractivity contribution in [3.05, 3.63) is 71.3 Å². The van der Waals surface area contributed by atoms with Gasteiger partial charge in [0.15, 0.2) is 22.3 Å². The van der Waals surface area contributed by atoms with Crippen molar-refractivity contribution in [2.24, 2.45) is 5.41 Å². The first kappa shape index (κ1) is 46.2. The molecule has 12 heteroatoms. The minimum absolute atomic E-state index is 0.0567. The van der Waals surface area contributed by atoms with E-state index in [0.29, 0.717) is 31.9 Å². The second-order valence-corrected chi connectivity index (χ2v) is 37.3. The molecule has 3 heterocycles. The molecule has 2 atom stereocenters. The summed E-state index contributed by atoms with van der Waals surface area (Å²) in [6, 6.07) is 9.48. The minimum atomic E-state index is -2.10. The van der Waals surface area contributed by atoms with E-state index in [4.69, 9.17) is 18.3 Å². The van der Waals surface area contributed by atoms with Gasteiger partial charge in [0.2, 0.25) is 5.82 Å². The van der Waals surface area contributed by atoms with Gasteiger partial charge in [-0.25, -0.2) is 4.98 Å². The third-order valence-corrected chi connectivity index (χ3v) is 23.9. The monoisotopic (exact) mass is 844 g/mol. The molecule has 3 aliphatic rings. The number of ether oxygens (including phenoxy) is 2. The lowest BCUT2D eigenvalue weighted by Crippen LogP contribution is -2.51. The van der Waals surface area contributed by atoms with E-state index in [1.807, 2.05) is 6.07 Å². The zero-order valence-electron chi connectivity index (χ0n) is 38.4. The molecule has 1 aromatic heterocycles. The van der Waals surface area contributed by atoms with Crippen LogP contribution in [0.2, 0.25) is 61.9 Å². The highest BCUT2D eigenvalue weighted by Crippen LogP contribution is 2.49. The number of hydrogen-bond acceptors (Lipinski definition) is 7. The standard InChI is InChI=1S/C46H72N4O5Si3/c1-42(2,3)57(12,13)53-31-45-22-23-46(55-45,32-54-58(14,15)43(4,5)6)28-36(27-45)35-16-17-39(38(26-35)34-18-20-44(7,8)21-19-34)49-41(51)40-48-37(29-47)30-50(40)33-52-24-25-56(9,10)11/h16-18,22-23,26-27,30H,19-21,24-25,28,31-33H2,1-15H3,(H,49,51). The van der Waals surface area contributed by atoms with Gasteiger partial charge in [-0.05, 0) is 108 Å². The molecule has 2 aliphatic heterocycles. The quantitative estimate of drug-likeness (QED) is 0.108. The summed E-state index contributed by atoms with van der Waals surface area (Å²) in [6.45, 7) is 36.0. The van der Waals surface area contributed by atoms with E-state index in [2.05, 4.69) is 154 Å². The van der Waals surface area contributed by atoms with Crippen LogP contribution >= 0.6 is 0 Å². The van der Waals surface area contributed by atoms with E-state index in [9.17, 15) is 10.1 Å². The Labute approximate surface area is 352 Å². The highest BCUT2D eigenvalue weighted by atomic mass is 28.4. The van der Waals surface area contributed by atoms with E-state index in [-0.39, 0.29) is 39.6 Å². The zero-order chi connectivity index (χ0) is 43.2. The number of carbonyl (C=O) groups is 1. The lowest BCUT2D eigenvalue weighted by Gasteiger charge is -2.44. The molecule has 2 unspecified atom stereocenters. The van der Waals surface area contributed by atoms with Gasteiger partial charge in [-0.3, -0.25) is 4.79 Å². The third-order valence-electron chi connectivity index (χ3n) is 13.2. The molecular formula is C46H72N4O5Si3. The van der Waals surface area contributed by atoms with Gasteiger partial charge in [0.05, 0.1) is 13.2 Å². The third kappa shape index (κ3) is 10.9. The van der Waals surface area contributed by atoms with Gasteiger partial charge in [0, 0.05) is 38.5 Å². The fourth-order valence-corrected chi connectivity index (χ4v) is 9.77. The Balaban J connectivity index is 1.52. The second kappa shape index (κ2) is 16.5. The summed E-state index contributed by atoms with van der Waals surface area (Å²) >= 11 is 0. The number of hydrogen-bond donors (Lipinski definition) is 1. The number of nitrogens with one attached hydrogen (secondary N) is 1. The Morgan fingerprint density at radius 2 is 1.62 bits per heavy atom. The summed E-state index contributed by atoms with van der Waals surface area (Å²) in [6.07, 6.45) is 14.2. The molecule has 0 saturated heterocycles. The molecule has 9 nitrogen and oxygen atoms in total. The number of fused-ring (bicyclic) bond motifs is 2. The number of allylic oxidation sites excluding steroid dienone is 2. The summed E-state index contributed by atoms with van der Waals surface area (Å²) in [7, 11) is -5.48. The van der Waals surface area contributed by atoms with Crippen LogP contribution in [0, 0.1) is 16.7 Å². The smallest absolute Gasteiger partial charge is 0.291 e. The summed E-state index contributed by atoms with van der Waals surface area (Å²) in [5.74, 6) is -0.225. The van der Waals surface area contributed by atoms with E-state index in [1.54, 1.807) is 10.8 Å². The van der Waals surface area contributed by atoms with Gasteiger partial charge in [0.25, 0.3) is 5.91 Å². The summed E-state index contributed by atoms with van der Waals surface area (Å²) in [4.78, 5) is 18.5. The number of nitrogens with zero attached hydrogens (tertiary/aromatic N) is 3. The van der Waals surface area contributed by atoms with Crippen molar-refractivity contribution in [2.75, 3.05) is 25.1 Å². The molecule has 0 radical (unpaired) electrons. The maximum atomic E-state index is 14.1. The average Bonchev–Trinajstić information content (AvgIpc) is 3.65. The molecule has 2 bridgehead atoms. The van der Waals surface area contributed by atoms with Crippen LogP contribution in [0.4, 0.5) is 5.69 Å². The Morgan fingerprint density at radius 1 is 0.966 bits per heavy atom. The van der Waals surface area contributed by atoms with Gasteiger partial charge in [-0.2, -0.15) is 5.26 Å². The average molecular weight is 845 g/mol. The first-order valence-corrected chi connectivity index (χ1v) is 30.7. The number of nitriles is 1. The Kier molecular flexibility index (Phi) is 13.1. The van der Waals surface area contributed by atoms with Gasteiger partial charge < -0.3 is 28.2 Å². The Hall–Kier alpha value is -2.90. The first-order chi connectivity index (χ1) is 26.6. The topological polar surface area (TPSA) is 108 Å². The maximum absolute atomic E-state index is 14.1. The van der Waals surface area contributed by atoms with Crippen LogP contribution < -0.4 is 5.32 Å². The largest absolute Gasteiger partial charge is 0.414 e. The summed E-state index contributed by atoms with van der Waals surface area (Å²) < 4.78 is 28.5. The van der Waals surface area contributed by atoms with E-state index >= 15 is 0 Å². The van der Waals surface area contributed by atoms with Crippen molar-refractivity contribution in [1.82, 2.24) is 9.55 Å². The van der Waals surface area contributed by atoms with Crippen LogP contribution in [0.15, 0.2) is 48.7 Å². The Morgan fingerprint density at radius 3 is 2.21 bits per heavy atom. The molecular weight excluding hydrogens is 773 g/mol. The van der Waals surface area contributed by atoms with Crippen molar-refractivity contribution >= 4 is 47.4 Å². The zero-order valence-corrected chi connectivity index (χ0v) is 41.4. The predicted molar refractivity (Wildman–Crippen MR) is 246 cm³/mol. The number of amides is 1. The van der Waals surface area contributed by atoms with Gasteiger partial charge >= 0.3 is 0 Å². The predicted octanol–water partition coefficient (Wildman–Crippen LogP) is 11.8. The van der Waals surface area contributed by atoms with Crippen molar-refractivity contribution < 1.29 is 23.1 Å². The van der Waals surface area contributed by atoms with Crippen molar-refractivity contribution in [3.8, 4) is 6.07 Å². The van der Waals surface area contributed by atoms with Crippen LogP contribution in [0.3, 0.4) is 0 Å². The number of rotatable bonds is 15. The SMILES string of the molecule is CC1(C)CC=C(c2cc(C3=CC4(CO[Si](C)(C)C(C)(C)C)C=CC(CO[Si](C)(C)C(C)(C)C)(C3)O4)ccc2NC(=O)c2nc(C#N)cn2COCC[Si](C)(C)C)CC1. The fraction of sp³-hybridized carbons (Fsp3) is 0.630. The highest BCUT2D eigenvalue weighted by Gasteiger charge is 2.51.